The standard InChI is InChI=1S/C24H26N4O4S/c1-4-13-28-21(15-32-20-8-6-7-17(3)14-20)26-27-24(28)33-16-22(29)25-19-11-9-18(10-12-19)23(30)31-5-2/h4,6-12,14H,1,5,13,15-16H2,2-3H3,(H,25,29). The third kappa shape index (κ3) is 6.95. The molecule has 2 aromatic carbocycles. The molecular formula is C24H26N4O4S. The maximum atomic E-state index is 12.4. The largest absolute Gasteiger partial charge is 0.486 e. The van der Waals surface area contributed by atoms with Gasteiger partial charge in [0, 0.05) is 12.2 Å². The van der Waals surface area contributed by atoms with E-state index in [0.717, 1.165) is 11.3 Å². The Morgan fingerprint density at radius 2 is 1.97 bits per heavy atom. The SMILES string of the molecule is C=CCn1c(COc2cccc(C)c2)nnc1SCC(=O)Nc1ccc(C(=O)OCC)cc1. The van der Waals surface area contributed by atoms with Crippen LogP contribution in [0.25, 0.3) is 0 Å². The van der Waals surface area contributed by atoms with Gasteiger partial charge in [-0.3, -0.25) is 9.36 Å². The van der Waals surface area contributed by atoms with E-state index in [1.807, 2.05) is 35.8 Å². The Hall–Kier alpha value is -3.59. The molecule has 0 bridgehead atoms. The van der Waals surface area contributed by atoms with E-state index in [1.54, 1.807) is 37.3 Å². The smallest absolute Gasteiger partial charge is 0.338 e. The Labute approximate surface area is 197 Å². The van der Waals surface area contributed by atoms with E-state index >= 15 is 0 Å². The van der Waals surface area contributed by atoms with Crippen LogP contribution in [0.1, 0.15) is 28.7 Å². The van der Waals surface area contributed by atoms with Gasteiger partial charge in [-0.15, -0.1) is 16.8 Å². The minimum atomic E-state index is -0.394. The summed E-state index contributed by atoms with van der Waals surface area (Å²) in [7, 11) is 0. The molecule has 33 heavy (non-hydrogen) atoms. The lowest BCUT2D eigenvalue weighted by Gasteiger charge is -2.10. The number of amides is 1. The van der Waals surface area contributed by atoms with Crippen LogP contribution in [0.2, 0.25) is 0 Å². The number of hydrogen-bond acceptors (Lipinski definition) is 7. The number of aryl methyl sites for hydroxylation is 1. The fourth-order valence-corrected chi connectivity index (χ4v) is 3.70. The first-order valence-electron chi connectivity index (χ1n) is 10.4. The van der Waals surface area contributed by atoms with Gasteiger partial charge in [0.05, 0.1) is 17.9 Å². The third-order valence-electron chi connectivity index (χ3n) is 4.47. The van der Waals surface area contributed by atoms with Crippen molar-refractivity contribution in [2.45, 2.75) is 32.2 Å². The molecular weight excluding hydrogens is 440 g/mol. The Morgan fingerprint density at radius 1 is 1.18 bits per heavy atom. The molecule has 0 spiro atoms. The topological polar surface area (TPSA) is 95.3 Å². The van der Waals surface area contributed by atoms with Gasteiger partial charge in [-0.1, -0.05) is 30.0 Å². The highest BCUT2D eigenvalue weighted by Crippen LogP contribution is 2.20. The number of nitrogens with one attached hydrogen (secondary N) is 1. The molecule has 0 radical (unpaired) electrons. The van der Waals surface area contributed by atoms with E-state index in [4.69, 9.17) is 9.47 Å². The van der Waals surface area contributed by atoms with Crippen molar-refractivity contribution in [3.05, 3.63) is 78.1 Å². The van der Waals surface area contributed by atoms with Gasteiger partial charge in [-0.25, -0.2) is 4.79 Å². The van der Waals surface area contributed by atoms with Crippen LogP contribution in [0.15, 0.2) is 66.3 Å². The number of aromatic nitrogens is 3. The number of allylic oxidation sites excluding steroid dienone is 1. The molecule has 0 aliphatic heterocycles. The number of anilines is 1. The number of ether oxygens (including phenoxy) is 2. The van der Waals surface area contributed by atoms with Crippen LogP contribution in [-0.2, 0) is 22.7 Å². The second-order valence-electron chi connectivity index (χ2n) is 7.04. The fourth-order valence-electron chi connectivity index (χ4n) is 2.93. The maximum Gasteiger partial charge on any atom is 0.338 e. The number of nitrogens with zero attached hydrogens (tertiary/aromatic N) is 3. The molecule has 8 nitrogen and oxygen atoms in total. The van der Waals surface area contributed by atoms with E-state index in [2.05, 4.69) is 22.1 Å². The Kier molecular flexibility index (Phi) is 8.65. The fraction of sp³-hybridized carbons (Fsp3) is 0.250. The Morgan fingerprint density at radius 3 is 2.67 bits per heavy atom. The number of hydrogen-bond donors (Lipinski definition) is 1. The zero-order valence-corrected chi connectivity index (χ0v) is 19.4. The summed E-state index contributed by atoms with van der Waals surface area (Å²) in [5.74, 6) is 0.956. The molecule has 1 heterocycles. The van der Waals surface area contributed by atoms with Gasteiger partial charge in [0.2, 0.25) is 5.91 Å². The Bertz CT molecular complexity index is 1110. The van der Waals surface area contributed by atoms with E-state index in [0.29, 0.717) is 35.4 Å². The first-order chi connectivity index (χ1) is 16.0. The average molecular weight is 467 g/mol. The Balaban J connectivity index is 1.57. The summed E-state index contributed by atoms with van der Waals surface area (Å²) in [6.45, 7) is 8.61. The molecule has 0 aliphatic carbocycles. The predicted octanol–water partition coefficient (Wildman–Crippen LogP) is 4.26. The predicted molar refractivity (Wildman–Crippen MR) is 127 cm³/mol. The van der Waals surface area contributed by atoms with Gasteiger partial charge in [-0.2, -0.15) is 0 Å². The monoisotopic (exact) mass is 466 g/mol. The van der Waals surface area contributed by atoms with E-state index < -0.39 is 5.97 Å². The van der Waals surface area contributed by atoms with Crippen LogP contribution < -0.4 is 10.1 Å². The van der Waals surface area contributed by atoms with Gasteiger partial charge in [-0.05, 0) is 55.8 Å². The van der Waals surface area contributed by atoms with E-state index in [1.165, 1.54) is 11.8 Å². The van der Waals surface area contributed by atoms with Crippen molar-refractivity contribution >= 4 is 29.3 Å². The first-order valence-corrected chi connectivity index (χ1v) is 11.4. The highest BCUT2D eigenvalue weighted by Gasteiger charge is 2.15. The van der Waals surface area contributed by atoms with Gasteiger partial charge < -0.3 is 14.8 Å². The van der Waals surface area contributed by atoms with Gasteiger partial charge in [0.15, 0.2) is 11.0 Å². The quantitative estimate of drug-likeness (QED) is 0.256. The number of benzene rings is 2. The maximum absolute atomic E-state index is 12.4. The molecule has 1 N–H and O–H groups in total. The summed E-state index contributed by atoms with van der Waals surface area (Å²) in [6, 6.07) is 14.3. The van der Waals surface area contributed by atoms with Crippen molar-refractivity contribution in [1.82, 2.24) is 14.8 Å². The van der Waals surface area contributed by atoms with Crippen molar-refractivity contribution < 1.29 is 19.1 Å². The zero-order valence-electron chi connectivity index (χ0n) is 18.6. The normalized spacial score (nSPS) is 10.5. The minimum absolute atomic E-state index is 0.146. The third-order valence-corrected chi connectivity index (χ3v) is 5.44. The molecule has 0 fully saturated rings. The number of thioether (sulfide) groups is 1. The van der Waals surface area contributed by atoms with Crippen LogP contribution >= 0.6 is 11.8 Å². The van der Waals surface area contributed by atoms with Crippen LogP contribution in [0, 0.1) is 6.92 Å². The van der Waals surface area contributed by atoms with Crippen molar-refractivity contribution in [2.75, 3.05) is 17.7 Å². The molecule has 0 saturated heterocycles. The lowest BCUT2D eigenvalue weighted by atomic mass is 10.2. The number of esters is 1. The molecule has 3 rings (SSSR count). The zero-order chi connectivity index (χ0) is 23.6. The van der Waals surface area contributed by atoms with Crippen molar-refractivity contribution in [2.24, 2.45) is 0 Å². The van der Waals surface area contributed by atoms with Gasteiger partial charge in [0.25, 0.3) is 0 Å². The summed E-state index contributed by atoms with van der Waals surface area (Å²) in [5.41, 5.74) is 2.13. The van der Waals surface area contributed by atoms with Gasteiger partial charge in [0.1, 0.15) is 12.4 Å². The molecule has 3 aromatic rings. The average Bonchev–Trinajstić information content (AvgIpc) is 3.19. The van der Waals surface area contributed by atoms with Crippen molar-refractivity contribution in [3.63, 3.8) is 0 Å². The molecule has 172 valence electrons. The minimum Gasteiger partial charge on any atom is -0.486 e. The highest BCUT2D eigenvalue weighted by molar-refractivity contribution is 7.99. The van der Waals surface area contributed by atoms with Crippen LogP contribution in [0.4, 0.5) is 5.69 Å². The van der Waals surface area contributed by atoms with Crippen molar-refractivity contribution in [3.8, 4) is 5.75 Å². The lowest BCUT2D eigenvalue weighted by Crippen LogP contribution is -2.15. The molecule has 1 amide bonds. The summed E-state index contributed by atoms with van der Waals surface area (Å²) in [4.78, 5) is 24.1. The number of carbonyl (C=O) groups is 2. The molecule has 0 atom stereocenters. The van der Waals surface area contributed by atoms with Crippen molar-refractivity contribution in [1.29, 1.82) is 0 Å². The molecule has 0 unspecified atom stereocenters. The second kappa shape index (κ2) is 11.9. The molecule has 0 aliphatic rings. The second-order valence-corrected chi connectivity index (χ2v) is 7.98. The number of rotatable bonds is 11. The first kappa shape index (κ1) is 24.1. The molecule has 0 saturated carbocycles. The number of carbonyl (C=O) groups excluding carboxylic acids is 2. The van der Waals surface area contributed by atoms with E-state index in [-0.39, 0.29) is 18.3 Å². The summed E-state index contributed by atoms with van der Waals surface area (Å²) in [6.07, 6.45) is 1.74. The highest BCUT2D eigenvalue weighted by atomic mass is 32.2. The van der Waals surface area contributed by atoms with Crippen LogP contribution in [0.3, 0.4) is 0 Å². The lowest BCUT2D eigenvalue weighted by molar-refractivity contribution is -0.113. The molecule has 1 aromatic heterocycles. The van der Waals surface area contributed by atoms with Crippen LogP contribution in [0.5, 0.6) is 5.75 Å². The van der Waals surface area contributed by atoms with Crippen LogP contribution in [-0.4, -0.2) is 39.0 Å². The van der Waals surface area contributed by atoms with E-state index in [9.17, 15) is 9.59 Å². The summed E-state index contributed by atoms with van der Waals surface area (Å²) < 4.78 is 12.7. The van der Waals surface area contributed by atoms with Gasteiger partial charge >= 0.3 is 5.97 Å². The summed E-state index contributed by atoms with van der Waals surface area (Å²) >= 11 is 1.27. The molecule has 9 heteroatoms. The summed E-state index contributed by atoms with van der Waals surface area (Å²) in [5, 5.41) is 11.8.